The van der Waals surface area contributed by atoms with Crippen molar-refractivity contribution < 1.29 is 0 Å². The van der Waals surface area contributed by atoms with Crippen molar-refractivity contribution in [3.8, 4) is 0 Å². The Hall–Kier alpha value is -2.60. The van der Waals surface area contributed by atoms with Gasteiger partial charge in [-0.3, -0.25) is 0 Å². The van der Waals surface area contributed by atoms with Crippen LogP contribution >= 0.6 is 23.2 Å². The molecule has 2 heterocycles. The molecule has 0 saturated carbocycles. The van der Waals surface area contributed by atoms with Gasteiger partial charge < -0.3 is 15.6 Å². The van der Waals surface area contributed by atoms with Gasteiger partial charge in [-0.05, 0) is 90.7 Å². The molecule has 0 saturated heterocycles. The number of nitrogens with two attached hydrogens (primary N) is 1. The largest absolute Gasteiger partial charge is 0.352 e. The molecular weight excluding hydrogens is 453 g/mol. The molecule has 2 unspecified atom stereocenters. The maximum atomic E-state index is 6.09. The summed E-state index contributed by atoms with van der Waals surface area (Å²) in [4.78, 5) is 14.1. The molecule has 5 nitrogen and oxygen atoms in total. The van der Waals surface area contributed by atoms with Crippen molar-refractivity contribution in [2.24, 2.45) is 5.73 Å². The fourth-order valence-electron chi connectivity index (χ4n) is 5.17. The van der Waals surface area contributed by atoms with E-state index in [-0.39, 0.29) is 0 Å². The third-order valence-corrected chi connectivity index (χ3v) is 7.35. The average molecular weight is 480 g/mol. The number of aromatic amines is 1. The number of fused-ring (bicyclic) bond motifs is 3. The van der Waals surface area contributed by atoms with Crippen LogP contribution in [0.1, 0.15) is 47.1 Å². The molecule has 2 aliphatic carbocycles. The second-order valence-electron chi connectivity index (χ2n) is 8.76. The Morgan fingerprint density at radius 2 is 1.67 bits per heavy atom. The van der Waals surface area contributed by atoms with Gasteiger partial charge in [-0.1, -0.05) is 35.3 Å². The van der Waals surface area contributed by atoms with Crippen molar-refractivity contribution in [2.75, 3.05) is 18.5 Å². The van der Waals surface area contributed by atoms with Gasteiger partial charge in [0.05, 0.1) is 11.4 Å². The van der Waals surface area contributed by atoms with Crippen LogP contribution in [0.5, 0.6) is 0 Å². The zero-order chi connectivity index (χ0) is 22.9. The average Bonchev–Trinajstić information content (AvgIpc) is 3.55. The summed E-state index contributed by atoms with van der Waals surface area (Å²) in [6.07, 6.45) is 7.99. The second-order valence-corrected chi connectivity index (χ2v) is 9.63. The lowest BCUT2D eigenvalue weighted by Gasteiger charge is -2.27. The monoisotopic (exact) mass is 479 g/mol. The Balaban J connectivity index is 0.000000162. The number of aryl methyl sites for hydroxylation is 2. The first kappa shape index (κ1) is 22.2. The molecule has 2 aromatic heterocycles. The molecule has 0 spiro atoms. The minimum atomic E-state index is 0.338. The van der Waals surface area contributed by atoms with Crippen LogP contribution in [0.25, 0.3) is 11.0 Å². The molecule has 0 fully saturated rings. The van der Waals surface area contributed by atoms with Gasteiger partial charge in [0.1, 0.15) is 17.8 Å². The molecule has 3 N–H and O–H groups in total. The van der Waals surface area contributed by atoms with E-state index in [9.17, 15) is 0 Å². The molecule has 2 atom stereocenters. The summed E-state index contributed by atoms with van der Waals surface area (Å²) in [6.45, 7) is 0.759. The first-order valence-corrected chi connectivity index (χ1v) is 12.1. The van der Waals surface area contributed by atoms with Gasteiger partial charge >= 0.3 is 0 Å². The van der Waals surface area contributed by atoms with Crippen molar-refractivity contribution in [3.05, 3.63) is 87.3 Å². The van der Waals surface area contributed by atoms with E-state index in [0.29, 0.717) is 12.0 Å². The number of rotatable bonds is 3. The smallest absolute Gasteiger partial charge is 0.142 e. The molecule has 0 aliphatic heterocycles. The standard InChI is InChI=1S/C16H15ClN4.C10H12ClN/c1-21(16-13-6-7-18-15(13)19-9-20-16)14-5-2-10-8-11(17)3-4-12(10)14;11-9-3-4-10-7(5-9)1-2-8(10)6-12/h3-4,6-9,14H,2,5H2,1H3,(H,18,19,20);3-5,8H,1-2,6,12H2. The Labute approximate surface area is 203 Å². The first-order valence-electron chi connectivity index (χ1n) is 11.3. The number of aromatic nitrogens is 3. The number of nitrogens with one attached hydrogen (secondary N) is 1. The zero-order valence-corrected chi connectivity index (χ0v) is 20.1. The Bertz CT molecular complexity index is 1280. The summed E-state index contributed by atoms with van der Waals surface area (Å²) in [5.41, 5.74) is 12.0. The number of halogens is 2. The number of benzene rings is 2. The van der Waals surface area contributed by atoms with E-state index in [0.717, 1.165) is 52.7 Å². The number of H-pyrrole nitrogens is 1. The van der Waals surface area contributed by atoms with Crippen LogP contribution < -0.4 is 10.6 Å². The fourth-order valence-corrected chi connectivity index (χ4v) is 5.56. The lowest BCUT2D eigenvalue weighted by molar-refractivity contribution is 0.657. The highest BCUT2D eigenvalue weighted by Crippen LogP contribution is 2.39. The van der Waals surface area contributed by atoms with E-state index in [1.54, 1.807) is 6.33 Å². The maximum Gasteiger partial charge on any atom is 0.142 e. The zero-order valence-electron chi connectivity index (χ0n) is 18.6. The van der Waals surface area contributed by atoms with Crippen LogP contribution in [-0.2, 0) is 12.8 Å². The van der Waals surface area contributed by atoms with Crippen molar-refractivity contribution in [1.82, 2.24) is 15.0 Å². The minimum absolute atomic E-state index is 0.338. The maximum absolute atomic E-state index is 6.09. The third kappa shape index (κ3) is 4.33. The van der Waals surface area contributed by atoms with Crippen LogP contribution in [0.4, 0.5) is 5.82 Å². The van der Waals surface area contributed by atoms with Crippen molar-refractivity contribution in [2.45, 2.75) is 37.6 Å². The highest BCUT2D eigenvalue weighted by Gasteiger charge is 2.28. The van der Waals surface area contributed by atoms with Crippen LogP contribution in [0.2, 0.25) is 10.0 Å². The van der Waals surface area contributed by atoms with Crippen molar-refractivity contribution in [3.63, 3.8) is 0 Å². The first-order chi connectivity index (χ1) is 16.0. The molecule has 2 aliphatic rings. The van der Waals surface area contributed by atoms with Crippen LogP contribution in [0, 0.1) is 0 Å². The Morgan fingerprint density at radius 3 is 2.42 bits per heavy atom. The van der Waals surface area contributed by atoms with E-state index in [1.165, 1.54) is 28.7 Å². The number of hydrogen-bond acceptors (Lipinski definition) is 4. The molecule has 6 rings (SSSR count). The molecule has 2 aromatic carbocycles. The Kier molecular flexibility index (Phi) is 6.28. The molecule has 0 amide bonds. The van der Waals surface area contributed by atoms with Crippen molar-refractivity contribution >= 4 is 40.1 Å². The van der Waals surface area contributed by atoms with Gasteiger partial charge in [0.25, 0.3) is 0 Å². The third-order valence-electron chi connectivity index (χ3n) is 6.88. The summed E-state index contributed by atoms with van der Waals surface area (Å²) in [5, 5.41) is 2.71. The van der Waals surface area contributed by atoms with E-state index >= 15 is 0 Å². The number of nitrogens with zero attached hydrogens (tertiary/aromatic N) is 3. The van der Waals surface area contributed by atoms with Gasteiger partial charge in [-0.25, -0.2) is 9.97 Å². The molecule has 7 heteroatoms. The van der Waals surface area contributed by atoms with E-state index < -0.39 is 0 Å². The van der Waals surface area contributed by atoms with Crippen LogP contribution in [0.15, 0.2) is 55.0 Å². The van der Waals surface area contributed by atoms with Gasteiger partial charge in [0.2, 0.25) is 0 Å². The van der Waals surface area contributed by atoms with Gasteiger partial charge in [-0.2, -0.15) is 0 Å². The topological polar surface area (TPSA) is 70.8 Å². The fraction of sp³-hybridized carbons (Fsp3) is 0.308. The predicted molar refractivity (Wildman–Crippen MR) is 136 cm³/mol. The molecule has 0 radical (unpaired) electrons. The molecule has 4 aromatic rings. The molecular formula is C26H27Cl2N5. The van der Waals surface area contributed by atoms with Gasteiger partial charge in [0.15, 0.2) is 0 Å². The number of anilines is 1. The van der Waals surface area contributed by atoms with Crippen LogP contribution in [-0.4, -0.2) is 28.5 Å². The highest BCUT2D eigenvalue weighted by atomic mass is 35.5. The quantitative estimate of drug-likeness (QED) is 0.374. The van der Waals surface area contributed by atoms with Gasteiger partial charge in [-0.15, -0.1) is 0 Å². The molecule has 170 valence electrons. The van der Waals surface area contributed by atoms with Crippen LogP contribution in [0.3, 0.4) is 0 Å². The second kappa shape index (κ2) is 9.34. The van der Waals surface area contributed by atoms with E-state index in [1.807, 2.05) is 24.4 Å². The predicted octanol–water partition coefficient (Wildman–Crippen LogP) is 6.06. The van der Waals surface area contributed by atoms with E-state index in [4.69, 9.17) is 28.9 Å². The summed E-state index contributed by atoms with van der Waals surface area (Å²) in [6, 6.07) is 14.7. The summed E-state index contributed by atoms with van der Waals surface area (Å²) in [5.74, 6) is 1.53. The highest BCUT2D eigenvalue weighted by molar-refractivity contribution is 6.31. The summed E-state index contributed by atoms with van der Waals surface area (Å²) < 4.78 is 0. The summed E-state index contributed by atoms with van der Waals surface area (Å²) in [7, 11) is 2.10. The van der Waals surface area contributed by atoms with Gasteiger partial charge in [0, 0.05) is 23.3 Å². The molecule has 33 heavy (non-hydrogen) atoms. The lowest BCUT2D eigenvalue weighted by Crippen LogP contribution is -2.23. The molecule has 0 bridgehead atoms. The summed E-state index contributed by atoms with van der Waals surface area (Å²) >= 11 is 12.0. The lowest BCUT2D eigenvalue weighted by atomic mass is 10.0. The normalized spacial score (nSPS) is 18.5. The minimum Gasteiger partial charge on any atom is -0.352 e. The SMILES string of the molecule is CN(c1ncnc2[nH]ccc12)C1CCc2cc(Cl)ccc21.NCC1CCc2cc(Cl)ccc21. The van der Waals surface area contributed by atoms with E-state index in [2.05, 4.69) is 51.2 Å². The van der Waals surface area contributed by atoms with Crippen molar-refractivity contribution in [1.29, 1.82) is 0 Å². The Morgan fingerprint density at radius 1 is 0.970 bits per heavy atom. The number of hydrogen-bond donors (Lipinski definition) is 2.